The van der Waals surface area contributed by atoms with Crippen molar-refractivity contribution >= 4 is 62.5 Å². The molecular weight excluding hydrogens is 566 g/mol. The number of imide groups is 1. The van der Waals surface area contributed by atoms with E-state index in [1.165, 1.54) is 13.2 Å². The van der Waals surface area contributed by atoms with Crippen LogP contribution in [-0.4, -0.2) is 84.4 Å². The molecule has 0 radical (unpaired) electrons. The van der Waals surface area contributed by atoms with E-state index < -0.39 is 23.7 Å². The lowest BCUT2D eigenvalue weighted by Crippen LogP contribution is -2.51. The van der Waals surface area contributed by atoms with Crippen LogP contribution >= 0.6 is 27.7 Å². The minimum atomic E-state index is -1.14. The maximum Gasteiger partial charge on any atom is 0.341 e. The van der Waals surface area contributed by atoms with E-state index in [9.17, 15) is 19.2 Å². The van der Waals surface area contributed by atoms with Crippen molar-refractivity contribution in [2.75, 3.05) is 51.3 Å². The molecule has 37 heavy (non-hydrogen) atoms. The summed E-state index contributed by atoms with van der Waals surface area (Å²) in [4.78, 5) is 54.2. The van der Waals surface area contributed by atoms with Crippen LogP contribution in [0.15, 0.2) is 51.8 Å². The van der Waals surface area contributed by atoms with Crippen molar-refractivity contribution in [1.82, 2.24) is 9.80 Å². The summed E-state index contributed by atoms with van der Waals surface area (Å²) in [7, 11) is 1.40. The molecule has 0 atom stereocenters. The zero-order chi connectivity index (χ0) is 26.5. The molecule has 2 aliphatic heterocycles. The highest BCUT2D eigenvalue weighted by Crippen LogP contribution is 2.39. The first-order valence-electron chi connectivity index (χ1n) is 11.3. The van der Waals surface area contributed by atoms with Gasteiger partial charge in [0.2, 0.25) is 5.91 Å². The van der Waals surface area contributed by atoms with E-state index in [1.807, 2.05) is 30.3 Å². The molecule has 10 nitrogen and oxygen atoms in total. The summed E-state index contributed by atoms with van der Waals surface area (Å²) < 4.78 is 11.0. The predicted octanol–water partition coefficient (Wildman–Crippen LogP) is 3.31. The Bertz CT molecular complexity index is 1250. The van der Waals surface area contributed by atoms with Gasteiger partial charge in [0.05, 0.1) is 16.5 Å². The number of nitrogens with zero attached hydrogens (tertiary/aromatic N) is 3. The standard InChI is InChI=1S/C25H24BrN3O7S/c1-35-19-12-16(11-18(26)23(19)36-15-22(31)32)13-20-24(33)29(25(34)37-20)14-21(30)28-9-7-27(8-10-28)17-5-3-2-4-6-17/h2-6,11-13H,7-10,14-15H2,1H3,(H,31,32)/b20-13+. The van der Waals surface area contributed by atoms with Crippen molar-refractivity contribution in [2.45, 2.75) is 0 Å². The summed E-state index contributed by atoms with van der Waals surface area (Å²) in [5.74, 6) is -1.51. The number of benzene rings is 2. The number of methoxy groups -OCH3 is 1. The number of thioether (sulfide) groups is 1. The molecule has 0 unspecified atom stereocenters. The first-order valence-corrected chi connectivity index (χ1v) is 12.9. The number of halogens is 1. The van der Waals surface area contributed by atoms with Gasteiger partial charge in [-0.15, -0.1) is 0 Å². The quantitative estimate of drug-likeness (QED) is 0.463. The van der Waals surface area contributed by atoms with Crippen molar-refractivity contribution in [3.8, 4) is 11.5 Å². The van der Waals surface area contributed by atoms with Crippen LogP contribution in [0.25, 0.3) is 6.08 Å². The lowest BCUT2D eigenvalue weighted by Gasteiger charge is -2.36. The Balaban J connectivity index is 1.40. The van der Waals surface area contributed by atoms with E-state index in [0.29, 0.717) is 36.2 Å². The normalized spacial score (nSPS) is 16.9. The van der Waals surface area contributed by atoms with Crippen LogP contribution in [-0.2, 0) is 14.4 Å². The number of para-hydroxylation sites is 1. The van der Waals surface area contributed by atoms with Crippen LogP contribution in [0.1, 0.15) is 5.56 Å². The number of carboxylic acid groups (broad SMARTS) is 1. The van der Waals surface area contributed by atoms with Gasteiger partial charge in [0.25, 0.3) is 11.1 Å². The molecule has 2 saturated heterocycles. The zero-order valence-corrected chi connectivity index (χ0v) is 22.3. The average molecular weight is 590 g/mol. The van der Waals surface area contributed by atoms with Crippen molar-refractivity contribution < 1.29 is 33.8 Å². The molecule has 194 valence electrons. The molecule has 2 aliphatic rings. The van der Waals surface area contributed by atoms with E-state index in [2.05, 4.69) is 20.8 Å². The highest BCUT2D eigenvalue weighted by Gasteiger charge is 2.37. The number of hydrogen-bond acceptors (Lipinski definition) is 8. The van der Waals surface area contributed by atoms with Gasteiger partial charge < -0.3 is 24.4 Å². The van der Waals surface area contributed by atoms with Gasteiger partial charge in [0.15, 0.2) is 18.1 Å². The van der Waals surface area contributed by atoms with E-state index >= 15 is 0 Å². The molecule has 0 aliphatic carbocycles. The van der Waals surface area contributed by atoms with Gasteiger partial charge in [0, 0.05) is 31.9 Å². The molecule has 2 aromatic rings. The van der Waals surface area contributed by atoms with E-state index in [-0.39, 0.29) is 28.9 Å². The number of carbonyl (C=O) groups excluding carboxylic acids is 3. The Morgan fingerprint density at radius 2 is 1.81 bits per heavy atom. The van der Waals surface area contributed by atoms with Crippen LogP contribution < -0.4 is 14.4 Å². The fourth-order valence-corrected chi connectivity index (χ4v) is 5.39. The summed E-state index contributed by atoms with van der Waals surface area (Å²) in [6.45, 7) is 1.47. The molecule has 2 aromatic carbocycles. The molecule has 0 bridgehead atoms. The molecule has 4 rings (SSSR count). The zero-order valence-electron chi connectivity index (χ0n) is 19.9. The second-order valence-corrected chi connectivity index (χ2v) is 10.0. The minimum absolute atomic E-state index is 0.167. The van der Waals surface area contributed by atoms with Gasteiger partial charge in [-0.1, -0.05) is 18.2 Å². The molecule has 2 heterocycles. The van der Waals surface area contributed by atoms with Crippen LogP contribution in [0.2, 0.25) is 0 Å². The third-order valence-electron chi connectivity index (χ3n) is 5.81. The number of amides is 3. The largest absolute Gasteiger partial charge is 0.493 e. The number of carboxylic acids is 1. The Labute approximate surface area is 225 Å². The van der Waals surface area contributed by atoms with Crippen molar-refractivity contribution in [1.29, 1.82) is 0 Å². The number of ether oxygens (including phenoxy) is 2. The molecule has 1 N–H and O–H groups in total. The fraction of sp³-hybridized carbons (Fsp3) is 0.280. The topological polar surface area (TPSA) is 117 Å². The van der Waals surface area contributed by atoms with Crippen LogP contribution in [0.3, 0.4) is 0 Å². The summed E-state index contributed by atoms with van der Waals surface area (Å²) in [5.41, 5.74) is 1.62. The molecule has 3 amide bonds. The number of hydrogen-bond donors (Lipinski definition) is 1. The number of carbonyl (C=O) groups is 4. The van der Waals surface area contributed by atoms with Gasteiger partial charge in [-0.05, 0) is 63.6 Å². The van der Waals surface area contributed by atoms with Crippen molar-refractivity contribution in [2.24, 2.45) is 0 Å². The molecule has 12 heteroatoms. The Morgan fingerprint density at radius 1 is 1.11 bits per heavy atom. The molecule has 0 saturated carbocycles. The lowest BCUT2D eigenvalue weighted by atomic mass is 10.2. The summed E-state index contributed by atoms with van der Waals surface area (Å²) in [6.07, 6.45) is 1.52. The smallest absolute Gasteiger partial charge is 0.341 e. The molecule has 0 spiro atoms. The van der Waals surface area contributed by atoms with Gasteiger partial charge in [-0.25, -0.2) is 4.79 Å². The lowest BCUT2D eigenvalue weighted by molar-refractivity contribution is -0.139. The molecular formula is C25H24BrN3O7S. The summed E-state index contributed by atoms with van der Waals surface area (Å²) >= 11 is 4.08. The first-order chi connectivity index (χ1) is 17.8. The summed E-state index contributed by atoms with van der Waals surface area (Å²) in [5, 5.41) is 8.35. The van der Waals surface area contributed by atoms with Crippen LogP contribution in [0.5, 0.6) is 11.5 Å². The maximum absolute atomic E-state index is 13.0. The van der Waals surface area contributed by atoms with E-state index in [4.69, 9.17) is 14.6 Å². The third-order valence-corrected chi connectivity index (χ3v) is 7.31. The SMILES string of the molecule is COc1cc(/C=C2/SC(=O)N(CC(=O)N3CCN(c4ccccc4)CC3)C2=O)cc(Br)c1OCC(=O)O. The highest BCUT2D eigenvalue weighted by molar-refractivity contribution is 9.10. The second kappa shape index (κ2) is 11.7. The van der Waals surface area contributed by atoms with Crippen molar-refractivity contribution in [3.05, 3.63) is 57.4 Å². The predicted molar refractivity (Wildman–Crippen MR) is 142 cm³/mol. The molecule has 0 aromatic heterocycles. The van der Waals surface area contributed by atoms with E-state index in [1.54, 1.807) is 17.0 Å². The molecule has 2 fully saturated rings. The Hall–Kier alpha value is -3.51. The Morgan fingerprint density at radius 3 is 2.46 bits per heavy atom. The van der Waals surface area contributed by atoms with Crippen LogP contribution in [0.4, 0.5) is 10.5 Å². The third kappa shape index (κ3) is 6.25. The van der Waals surface area contributed by atoms with Gasteiger partial charge in [-0.2, -0.15) is 0 Å². The number of piperazine rings is 1. The van der Waals surface area contributed by atoms with Gasteiger partial charge >= 0.3 is 5.97 Å². The van der Waals surface area contributed by atoms with Gasteiger partial charge in [0.1, 0.15) is 6.54 Å². The second-order valence-electron chi connectivity index (χ2n) is 8.19. The number of anilines is 1. The highest BCUT2D eigenvalue weighted by atomic mass is 79.9. The van der Waals surface area contributed by atoms with Crippen molar-refractivity contribution in [3.63, 3.8) is 0 Å². The Kier molecular flexibility index (Phi) is 8.39. The number of rotatable bonds is 8. The van der Waals surface area contributed by atoms with Crippen LogP contribution in [0, 0.1) is 0 Å². The van der Waals surface area contributed by atoms with Gasteiger partial charge in [-0.3, -0.25) is 19.3 Å². The minimum Gasteiger partial charge on any atom is -0.493 e. The fourth-order valence-electron chi connectivity index (χ4n) is 3.97. The average Bonchev–Trinajstić information content (AvgIpc) is 3.15. The first kappa shape index (κ1) is 26.6. The monoisotopic (exact) mass is 589 g/mol. The maximum atomic E-state index is 13.0. The summed E-state index contributed by atoms with van der Waals surface area (Å²) in [6, 6.07) is 13.1. The van der Waals surface area contributed by atoms with E-state index in [0.717, 1.165) is 22.3 Å². The number of aliphatic carboxylic acids is 1.